The number of hydrogen-bond acceptors (Lipinski definition) is 4. The van der Waals surface area contributed by atoms with Crippen molar-refractivity contribution in [2.45, 2.75) is 309 Å². The largest absolute Gasteiger partial charge is 0.391 e. The van der Waals surface area contributed by atoms with Gasteiger partial charge < -0.3 is 10.4 Å². The van der Waals surface area contributed by atoms with Crippen LogP contribution in [0.3, 0.4) is 0 Å². The average Bonchev–Trinajstić information content (AvgIpc) is 3.18. The highest BCUT2D eigenvalue weighted by Crippen LogP contribution is 2.18. The van der Waals surface area contributed by atoms with Gasteiger partial charge in [0, 0.05) is 6.42 Å². The van der Waals surface area contributed by atoms with E-state index in [1.807, 2.05) is 0 Å². The molecule has 7 heteroatoms. The first-order chi connectivity index (χ1) is 27.8. The predicted molar refractivity (Wildman–Crippen MR) is 249 cm³/mol. The molecule has 0 rings (SSSR count). The number of carbonyl (C=O) groups is 1. The topological polar surface area (TPSA) is 104 Å². The van der Waals surface area contributed by atoms with E-state index in [4.69, 9.17) is 0 Å². The van der Waals surface area contributed by atoms with E-state index in [-0.39, 0.29) is 5.91 Å². The Kier molecular flexibility index (Phi) is 44.4. The molecule has 0 fully saturated rings. The van der Waals surface area contributed by atoms with Gasteiger partial charge in [-0.1, -0.05) is 277 Å². The first-order valence-electron chi connectivity index (χ1n) is 25.7. The van der Waals surface area contributed by atoms with Crippen LogP contribution >= 0.6 is 0 Å². The minimum atomic E-state index is -4.31. The highest BCUT2D eigenvalue weighted by molar-refractivity contribution is 7.85. The van der Waals surface area contributed by atoms with E-state index < -0.39 is 28.0 Å². The van der Waals surface area contributed by atoms with Crippen molar-refractivity contribution in [2.24, 2.45) is 0 Å². The molecule has 6 nitrogen and oxygen atoms in total. The van der Waals surface area contributed by atoms with Crippen LogP contribution in [-0.4, -0.2) is 41.9 Å². The van der Waals surface area contributed by atoms with Crippen molar-refractivity contribution in [1.29, 1.82) is 0 Å². The lowest BCUT2D eigenvalue weighted by Gasteiger charge is -2.23. The summed E-state index contributed by atoms with van der Waals surface area (Å²) in [5.41, 5.74) is 0. The lowest BCUT2D eigenvalue weighted by atomic mass is 10.0. The smallest absolute Gasteiger partial charge is 0.266 e. The molecule has 57 heavy (non-hydrogen) atoms. The quantitative estimate of drug-likeness (QED) is 0.0419. The van der Waals surface area contributed by atoms with Crippen LogP contribution in [0.4, 0.5) is 0 Å². The molecule has 0 aromatic heterocycles. The molecule has 0 aromatic carbocycles. The normalized spacial score (nSPS) is 13.0. The number of unbranched alkanes of at least 4 members (excludes halogenated alkanes) is 40. The van der Waals surface area contributed by atoms with Gasteiger partial charge in [0.1, 0.15) is 0 Å². The molecule has 2 unspecified atom stereocenters. The summed E-state index contributed by atoms with van der Waals surface area (Å²) in [5.74, 6) is -0.877. The molecule has 0 saturated carbocycles. The molecule has 0 saturated heterocycles. The van der Waals surface area contributed by atoms with Gasteiger partial charge in [0.2, 0.25) is 5.91 Å². The van der Waals surface area contributed by atoms with Crippen LogP contribution in [-0.2, 0) is 14.9 Å². The fourth-order valence-electron chi connectivity index (χ4n) is 8.46. The number of carbonyl (C=O) groups excluding carboxylic acids is 1. The van der Waals surface area contributed by atoms with Crippen LogP contribution in [0.25, 0.3) is 0 Å². The van der Waals surface area contributed by atoms with Crippen LogP contribution in [0.15, 0.2) is 0 Å². The zero-order valence-electron chi connectivity index (χ0n) is 38.5. The van der Waals surface area contributed by atoms with E-state index in [1.54, 1.807) is 0 Å². The summed E-state index contributed by atoms with van der Waals surface area (Å²) in [4.78, 5) is 12.6. The zero-order chi connectivity index (χ0) is 41.8. The summed E-state index contributed by atoms with van der Waals surface area (Å²) in [6.45, 7) is 4.57. The first kappa shape index (κ1) is 56.3. The third-order valence-corrected chi connectivity index (χ3v) is 13.1. The number of rotatable bonds is 48. The number of nitrogens with one attached hydrogen (secondary N) is 1. The SMILES string of the molecule is CCCCCCCCCCCCCCCCCCCCCCCC(=O)NC(CS(=O)(=O)O)C(O)CCCCCCCCCCCCCCCCCCCCCCC. The Morgan fingerprint density at radius 1 is 0.404 bits per heavy atom. The van der Waals surface area contributed by atoms with Gasteiger partial charge >= 0.3 is 0 Å². The Hall–Kier alpha value is -0.660. The van der Waals surface area contributed by atoms with Gasteiger partial charge in [-0.15, -0.1) is 0 Å². The zero-order valence-corrected chi connectivity index (χ0v) is 39.3. The Morgan fingerprint density at radius 2 is 0.632 bits per heavy atom. The maximum absolute atomic E-state index is 12.6. The fourth-order valence-corrected chi connectivity index (χ4v) is 9.22. The minimum absolute atomic E-state index is 0.237. The molecule has 0 radical (unpaired) electrons. The van der Waals surface area contributed by atoms with E-state index in [9.17, 15) is 22.9 Å². The Balaban J connectivity index is 3.70. The predicted octanol–water partition coefficient (Wildman–Crippen LogP) is 15.9. The highest BCUT2D eigenvalue weighted by atomic mass is 32.2. The molecular formula is C50H101NO5S. The second-order valence-corrected chi connectivity index (χ2v) is 19.7. The van der Waals surface area contributed by atoms with Gasteiger partial charge in [-0.25, -0.2) is 0 Å². The van der Waals surface area contributed by atoms with Gasteiger partial charge in [-0.05, 0) is 12.8 Å². The van der Waals surface area contributed by atoms with E-state index >= 15 is 0 Å². The Labute approximate surface area is 357 Å². The van der Waals surface area contributed by atoms with Crippen molar-refractivity contribution in [3.63, 3.8) is 0 Å². The second kappa shape index (κ2) is 44.9. The lowest BCUT2D eigenvalue weighted by molar-refractivity contribution is -0.122. The molecule has 1 amide bonds. The molecule has 0 spiro atoms. The molecule has 0 aliphatic rings. The first-order valence-corrected chi connectivity index (χ1v) is 27.3. The average molecular weight is 828 g/mol. The fraction of sp³-hybridized carbons (Fsp3) is 0.980. The highest BCUT2D eigenvalue weighted by Gasteiger charge is 2.26. The number of aliphatic hydroxyl groups excluding tert-OH is 1. The van der Waals surface area contributed by atoms with Crippen molar-refractivity contribution < 1.29 is 22.9 Å². The van der Waals surface area contributed by atoms with Crippen molar-refractivity contribution in [1.82, 2.24) is 5.32 Å². The molecule has 0 aliphatic heterocycles. The van der Waals surface area contributed by atoms with Gasteiger partial charge in [0.15, 0.2) is 0 Å². The van der Waals surface area contributed by atoms with E-state index in [0.717, 1.165) is 38.5 Å². The monoisotopic (exact) mass is 828 g/mol. The summed E-state index contributed by atoms with van der Waals surface area (Å²) in [5, 5.41) is 13.5. The molecule has 0 bridgehead atoms. The van der Waals surface area contributed by atoms with Crippen LogP contribution in [0, 0.1) is 0 Å². The van der Waals surface area contributed by atoms with Crippen molar-refractivity contribution >= 4 is 16.0 Å². The van der Waals surface area contributed by atoms with E-state index in [2.05, 4.69) is 19.2 Å². The number of aliphatic hydroxyl groups is 1. The molecule has 2 atom stereocenters. The summed E-state index contributed by atoms with van der Waals surface area (Å²) < 4.78 is 32.7. The van der Waals surface area contributed by atoms with E-state index in [0.29, 0.717) is 12.8 Å². The molecular weight excluding hydrogens is 727 g/mol. The third-order valence-electron chi connectivity index (χ3n) is 12.3. The lowest BCUT2D eigenvalue weighted by Crippen LogP contribution is -2.47. The third kappa shape index (κ3) is 46.3. The maximum Gasteiger partial charge on any atom is 0.266 e. The Bertz CT molecular complexity index is 912. The Morgan fingerprint density at radius 3 is 0.877 bits per heavy atom. The van der Waals surface area contributed by atoms with Crippen molar-refractivity contribution in [2.75, 3.05) is 5.75 Å². The molecule has 342 valence electrons. The van der Waals surface area contributed by atoms with Crippen LogP contribution < -0.4 is 5.32 Å². The molecule has 3 N–H and O–H groups in total. The second-order valence-electron chi connectivity index (χ2n) is 18.2. The summed E-state index contributed by atoms with van der Waals surface area (Å²) >= 11 is 0. The standard InChI is InChI=1S/C50H101NO5S/c1-3-5-7-9-11-13-15-17-19-21-23-25-27-29-31-33-35-37-39-41-43-45-49(52)48(47-57(54,55)56)51-50(53)46-44-42-40-38-36-34-32-30-28-26-24-22-20-18-16-14-12-10-8-6-4-2/h48-49,52H,3-47H2,1-2H3,(H,51,53)(H,54,55,56). The van der Waals surface area contributed by atoms with Gasteiger partial charge in [-0.2, -0.15) is 8.42 Å². The van der Waals surface area contributed by atoms with Gasteiger partial charge in [0.05, 0.1) is 17.9 Å². The van der Waals surface area contributed by atoms with Gasteiger partial charge in [0.25, 0.3) is 10.1 Å². The minimum Gasteiger partial charge on any atom is -0.391 e. The van der Waals surface area contributed by atoms with Crippen LogP contribution in [0.5, 0.6) is 0 Å². The van der Waals surface area contributed by atoms with Crippen LogP contribution in [0.2, 0.25) is 0 Å². The number of hydrogen-bond donors (Lipinski definition) is 3. The summed E-state index contributed by atoms with van der Waals surface area (Å²) in [6, 6.07) is -0.965. The van der Waals surface area contributed by atoms with Gasteiger partial charge in [-0.3, -0.25) is 9.35 Å². The molecule has 0 aliphatic carbocycles. The van der Waals surface area contributed by atoms with Crippen LogP contribution in [0.1, 0.15) is 296 Å². The maximum atomic E-state index is 12.6. The summed E-state index contributed by atoms with van der Waals surface area (Å²) in [6.07, 6.45) is 55.0. The van der Waals surface area contributed by atoms with Crippen molar-refractivity contribution in [3.8, 4) is 0 Å². The van der Waals surface area contributed by atoms with Crippen molar-refractivity contribution in [3.05, 3.63) is 0 Å². The number of amides is 1. The van der Waals surface area contributed by atoms with E-state index in [1.165, 1.54) is 231 Å². The molecule has 0 aromatic rings. The molecule has 0 heterocycles. The summed E-state index contributed by atoms with van der Waals surface area (Å²) in [7, 11) is -4.31.